The minimum atomic E-state index is -0.444. The van der Waals surface area contributed by atoms with Gasteiger partial charge in [0.1, 0.15) is 0 Å². The Morgan fingerprint density at radius 1 is 1.23 bits per heavy atom. The number of hydrogen-bond donors (Lipinski definition) is 3. The van der Waals surface area contributed by atoms with Gasteiger partial charge < -0.3 is 20.7 Å². The quantitative estimate of drug-likeness (QED) is 0.209. The van der Waals surface area contributed by atoms with Gasteiger partial charge in [-0.25, -0.2) is 4.99 Å². The van der Waals surface area contributed by atoms with Gasteiger partial charge >= 0.3 is 0 Å². The van der Waals surface area contributed by atoms with E-state index in [1.807, 2.05) is 20.8 Å². The lowest BCUT2D eigenvalue weighted by atomic mass is 10.1. The first-order chi connectivity index (χ1) is 12.2. The summed E-state index contributed by atoms with van der Waals surface area (Å²) in [6, 6.07) is 6.18. The summed E-state index contributed by atoms with van der Waals surface area (Å²) in [5, 5.41) is 19.6. The lowest BCUT2D eigenvalue weighted by Crippen LogP contribution is -2.48. The number of nitrogens with one attached hydrogen (secondary N) is 3. The highest BCUT2D eigenvalue weighted by molar-refractivity contribution is 5.86. The Bertz CT molecular complexity index is 623. The molecule has 0 heterocycles. The van der Waals surface area contributed by atoms with Gasteiger partial charge in [0.05, 0.1) is 24.6 Å². The standard InChI is InChI=1S/C17H27N5O4/c1-17(2,3)21-15(23)12-20-16(18-9-10-26-4)19-11-13-5-7-14(8-6-13)22(24)25/h5-8H,9-12H2,1-4H3,(H,21,23)(H2,18,19,20). The van der Waals surface area contributed by atoms with Crippen molar-refractivity contribution >= 4 is 17.6 Å². The molecule has 1 aromatic carbocycles. The second-order valence-corrected chi connectivity index (χ2v) is 6.66. The molecular weight excluding hydrogens is 338 g/mol. The van der Waals surface area contributed by atoms with E-state index in [0.717, 1.165) is 5.56 Å². The van der Waals surface area contributed by atoms with Gasteiger partial charge in [0.2, 0.25) is 5.91 Å². The van der Waals surface area contributed by atoms with E-state index in [2.05, 4.69) is 20.9 Å². The molecule has 144 valence electrons. The number of benzene rings is 1. The first kappa shape index (κ1) is 21.4. The number of hydrogen-bond acceptors (Lipinski definition) is 5. The molecular formula is C17H27N5O4. The molecule has 0 aliphatic rings. The maximum absolute atomic E-state index is 11.9. The van der Waals surface area contributed by atoms with Crippen LogP contribution in [0.5, 0.6) is 0 Å². The van der Waals surface area contributed by atoms with E-state index in [1.54, 1.807) is 19.2 Å². The molecule has 1 amide bonds. The number of carbonyl (C=O) groups excluding carboxylic acids is 1. The number of rotatable bonds is 8. The largest absolute Gasteiger partial charge is 0.383 e. The van der Waals surface area contributed by atoms with Crippen molar-refractivity contribution in [2.45, 2.75) is 32.9 Å². The average Bonchev–Trinajstić information content (AvgIpc) is 2.55. The second kappa shape index (κ2) is 10.3. The van der Waals surface area contributed by atoms with Crippen LogP contribution in [0.3, 0.4) is 0 Å². The van der Waals surface area contributed by atoms with E-state index in [0.29, 0.717) is 25.7 Å². The van der Waals surface area contributed by atoms with Crippen LogP contribution in [0, 0.1) is 10.1 Å². The van der Waals surface area contributed by atoms with E-state index in [9.17, 15) is 14.9 Å². The molecule has 0 aliphatic heterocycles. The summed E-state index contributed by atoms with van der Waals surface area (Å²) >= 11 is 0. The zero-order chi connectivity index (χ0) is 19.6. The fourth-order valence-electron chi connectivity index (χ4n) is 1.97. The molecule has 0 fully saturated rings. The minimum absolute atomic E-state index is 0.0353. The number of aliphatic imine (C=N–C) groups is 1. The summed E-state index contributed by atoms with van der Waals surface area (Å²) in [6.45, 7) is 7.15. The molecule has 0 radical (unpaired) electrons. The van der Waals surface area contributed by atoms with E-state index in [1.165, 1.54) is 12.1 Å². The van der Waals surface area contributed by atoms with Crippen molar-refractivity contribution in [3.8, 4) is 0 Å². The molecule has 26 heavy (non-hydrogen) atoms. The number of guanidine groups is 1. The summed E-state index contributed by atoms with van der Waals surface area (Å²) in [4.78, 5) is 26.6. The molecule has 1 aromatic rings. The van der Waals surface area contributed by atoms with Crippen LogP contribution in [-0.2, 0) is 16.1 Å². The Kier molecular flexibility index (Phi) is 8.50. The molecule has 0 atom stereocenters. The average molecular weight is 365 g/mol. The minimum Gasteiger partial charge on any atom is -0.383 e. The number of nitro benzene ring substituents is 1. The predicted molar refractivity (Wildman–Crippen MR) is 100 cm³/mol. The van der Waals surface area contributed by atoms with Gasteiger partial charge in [-0.1, -0.05) is 12.1 Å². The van der Waals surface area contributed by atoms with Gasteiger partial charge in [-0.3, -0.25) is 14.9 Å². The Balaban J connectivity index is 2.67. The number of carbonyl (C=O) groups is 1. The van der Waals surface area contributed by atoms with Crippen LogP contribution in [0.15, 0.2) is 29.3 Å². The summed E-state index contributed by atoms with van der Waals surface area (Å²) in [5.41, 5.74) is 0.550. The highest BCUT2D eigenvalue weighted by Crippen LogP contribution is 2.12. The van der Waals surface area contributed by atoms with Crippen molar-refractivity contribution in [1.82, 2.24) is 16.0 Å². The van der Waals surface area contributed by atoms with Crippen molar-refractivity contribution < 1.29 is 14.5 Å². The molecule has 1 rings (SSSR count). The molecule has 3 N–H and O–H groups in total. The van der Waals surface area contributed by atoms with E-state index in [-0.39, 0.29) is 23.7 Å². The zero-order valence-corrected chi connectivity index (χ0v) is 15.7. The monoisotopic (exact) mass is 365 g/mol. The number of ether oxygens (including phenoxy) is 1. The fourth-order valence-corrected chi connectivity index (χ4v) is 1.97. The van der Waals surface area contributed by atoms with Gasteiger partial charge in [0, 0.05) is 31.3 Å². The maximum Gasteiger partial charge on any atom is 0.269 e. The zero-order valence-electron chi connectivity index (χ0n) is 15.7. The van der Waals surface area contributed by atoms with E-state index < -0.39 is 4.92 Å². The number of non-ortho nitro benzene ring substituents is 1. The van der Waals surface area contributed by atoms with Crippen LogP contribution >= 0.6 is 0 Å². The third kappa shape index (κ3) is 8.97. The van der Waals surface area contributed by atoms with Crippen LogP contribution in [0.25, 0.3) is 0 Å². The van der Waals surface area contributed by atoms with Crippen LogP contribution in [0.4, 0.5) is 5.69 Å². The summed E-state index contributed by atoms with van der Waals surface area (Å²) < 4.78 is 4.99. The highest BCUT2D eigenvalue weighted by atomic mass is 16.6. The van der Waals surface area contributed by atoms with Gasteiger partial charge in [0.25, 0.3) is 5.69 Å². The van der Waals surface area contributed by atoms with Crippen LogP contribution in [0.1, 0.15) is 26.3 Å². The number of amides is 1. The lowest BCUT2D eigenvalue weighted by molar-refractivity contribution is -0.384. The van der Waals surface area contributed by atoms with Crippen molar-refractivity contribution in [2.75, 3.05) is 26.8 Å². The number of nitro groups is 1. The molecule has 0 aromatic heterocycles. The molecule has 9 nitrogen and oxygen atoms in total. The number of nitrogens with zero attached hydrogens (tertiary/aromatic N) is 2. The van der Waals surface area contributed by atoms with Crippen molar-refractivity contribution in [3.05, 3.63) is 39.9 Å². The normalized spacial score (nSPS) is 11.8. The van der Waals surface area contributed by atoms with Crippen molar-refractivity contribution in [1.29, 1.82) is 0 Å². The Labute approximate surface area is 153 Å². The van der Waals surface area contributed by atoms with Gasteiger partial charge in [-0.2, -0.15) is 0 Å². The van der Waals surface area contributed by atoms with Gasteiger partial charge in [0.15, 0.2) is 5.96 Å². The van der Waals surface area contributed by atoms with Gasteiger partial charge in [-0.05, 0) is 26.3 Å². The molecule has 0 aliphatic carbocycles. The SMILES string of the molecule is COCCNC(=NCc1ccc([N+](=O)[O-])cc1)NCC(=O)NC(C)(C)C. The maximum atomic E-state index is 11.9. The predicted octanol–water partition coefficient (Wildman–Crippen LogP) is 1.19. The number of methoxy groups -OCH3 is 1. The summed E-state index contributed by atoms with van der Waals surface area (Å²) in [6.07, 6.45) is 0. The second-order valence-electron chi connectivity index (χ2n) is 6.66. The van der Waals surface area contributed by atoms with Crippen LogP contribution in [0.2, 0.25) is 0 Å². The highest BCUT2D eigenvalue weighted by Gasteiger charge is 2.13. The fraction of sp³-hybridized carbons (Fsp3) is 0.529. The van der Waals surface area contributed by atoms with Gasteiger partial charge in [-0.15, -0.1) is 0 Å². The van der Waals surface area contributed by atoms with Crippen molar-refractivity contribution in [2.24, 2.45) is 4.99 Å². The van der Waals surface area contributed by atoms with E-state index in [4.69, 9.17) is 4.74 Å². The van der Waals surface area contributed by atoms with E-state index >= 15 is 0 Å². The Morgan fingerprint density at radius 3 is 2.42 bits per heavy atom. The smallest absolute Gasteiger partial charge is 0.269 e. The van der Waals surface area contributed by atoms with Crippen LogP contribution < -0.4 is 16.0 Å². The first-order valence-electron chi connectivity index (χ1n) is 8.27. The molecule has 0 saturated heterocycles. The molecule has 9 heteroatoms. The lowest BCUT2D eigenvalue weighted by Gasteiger charge is -2.21. The Hall–Kier alpha value is -2.68. The topological polar surface area (TPSA) is 118 Å². The first-order valence-corrected chi connectivity index (χ1v) is 8.27. The summed E-state index contributed by atoms with van der Waals surface area (Å²) in [5.74, 6) is 0.318. The van der Waals surface area contributed by atoms with Crippen molar-refractivity contribution in [3.63, 3.8) is 0 Å². The third-order valence-corrected chi connectivity index (χ3v) is 3.10. The summed E-state index contributed by atoms with van der Waals surface area (Å²) in [7, 11) is 1.60. The molecule has 0 bridgehead atoms. The Morgan fingerprint density at radius 2 is 1.88 bits per heavy atom. The molecule has 0 unspecified atom stereocenters. The molecule has 0 saturated carbocycles. The van der Waals surface area contributed by atoms with Crippen LogP contribution in [-0.4, -0.2) is 49.1 Å². The molecule has 0 spiro atoms. The third-order valence-electron chi connectivity index (χ3n) is 3.10.